The van der Waals surface area contributed by atoms with Gasteiger partial charge in [-0.2, -0.15) is 18.4 Å². The summed E-state index contributed by atoms with van der Waals surface area (Å²) in [5, 5.41) is 9.88. The average molecular weight is 334 g/mol. The Kier molecular flexibility index (Phi) is 3.79. The number of amides is 1. The molecule has 2 heterocycles. The van der Waals surface area contributed by atoms with Crippen LogP contribution in [0.2, 0.25) is 0 Å². The van der Waals surface area contributed by atoms with E-state index in [1.807, 2.05) is 6.07 Å². The van der Waals surface area contributed by atoms with E-state index in [9.17, 15) is 23.2 Å². The van der Waals surface area contributed by atoms with Gasteiger partial charge in [-0.25, -0.2) is 0 Å². The molecule has 2 aromatic rings. The van der Waals surface area contributed by atoms with Crippen LogP contribution in [0.25, 0.3) is 10.9 Å². The summed E-state index contributed by atoms with van der Waals surface area (Å²) in [5.41, 5.74) is 6.26. The molecular formula is C16H13F3N4O. The Balaban J connectivity index is 2.12. The minimum absolute atomic E-state index is 0.166. The van der Waals surface area contributed by atoms with E-state index >= 15 is 0 Å². The monoisotopic (exact) mass is 334 g/mol. The third kappa shape index (κ3) is 2.62. The first-order chi connectivity index (χ1) is 11.3. The summed E-state index contributed by atoms with van der Waals surface area (Å²) < 4.78 is 39.7. The standard InChI is InChI=1S/C16H13F3N4O/c17-16(18,19)12-8-23(7-11(12)15(21)24)14-9(5-20)6-22-13-4-2-1-3-10(13)14/h1-4,6,11-12H,7-8H2,(H2,21,24)/t11-,12-/m1/s1. The van der Waals surface area contributed by atoms with Crippen molar-refractivity contribution in [3.8, 4) is 6.07 Å². The molecule has 1 aliphatic rings. The highest BCUT2D eigenvalue weighted by molar-refractivity contribution is 5.95. The lowest BCUT2D eigenvalue weighted by Gasteiger charge is -2.22. The number of pyridine rings is 1. The van der Waals surface area contributed by atoms with Crippen molar-refractivity contribution >= 4 is 22.5 Å². The molecule has 2 N–H and O–H groups in total. The van der Waals surface area contributed by atoms with Crippen LogP contribution in [0.15, 0.2) is 30.5 Å². The van der Waals surface area contributed by atoms with Crippen molar-refractivity contribution in [1.82, 2.24) is 4.98 Å². The smallest absolute Gasteiger partial charge is 0.369 e. The average Bonchev–Trinajstić information content (AvgIpc) is 2.99. The SMILES string of the molecule is N#Cc1cnc2ccccc2c1N1C[C@@H](C(F)(F)F)[C@H](C(N)=O)C1. The Bertz CT molecular complexity index is 843. The summed E-state index contributed by atoms with van der Waals surface area (Å²) in [5.74, 6) is -4.19. The van der Waals surface area contributed by atoms with E-state index in [-0.39, 0.29) is 12.1 Å². The fraction of sp³-hybridized carbons (Fsp3) is 0.312. The van der Waals surface area contributed by atoms with Gasteiger partial charge in [-0.1, -0.05) is 18.2 Å². The van der Waals surface area contributed by atoms with Gasteiger partial charge in [0.1, 0.15) is 6.07 Å². The summed E-state index contributed by atoms with van der Waals surface area (Å²) >= 11 is 0. The van der Waals surface area contributed by atoms with Crippen molar-refractivity contribution in [2.75, 3.05) is 18.0 Å². The maximum absolute atomic E-state index is 13.2. The number of nitriles is 1. The molecule has 0 saturated carbocycles. The number of carbonyl (C=O) groups excluding carboxylic acids is 1. The topological polar surface area (TPSA) is 83.0 Å². The minimum Gasteiger partial charge on any atom is -0.369 e. The van der Waals surface area contributed by atoms with Crippen LogP contribution in [-0.2, 0) is 4.79 Å². The highest BCUT2D eigenvalue weighted by Crippen LogP contribution is 2.41. The van der Waals surface area contributed by atoms with E-state index in [0.717, 1.165) is 0 Å². The first-order valence-electron chi connectivity index (χ1n) is 7.21. The third-order valence-corrected chi connectivity index (χ3v) is 4.29. The number of anilines is 1. The lowest BCUT2D eigenvalue weighted by atomic mass is 9.95. The highest BCUT2D eigenvalue weighted by Gasteiger charge is 2.52. The minimum atomic E-state index is -4.54. The van der Waals surface area contributed by atoms with Crippen LogP contribution in [0, 0.1) is 23.2 Å². The highest BCUT2D eigenvalue weighted by atomic mass is 19.4. The molecule has 8 heteroatoms. The van der Waals surface area contributed by atoms with E-state index in [1.165, 1.54) is 11.1 Å². The molecule has 1 aromatic carbocycles. The molecule has 0 bridgehead atoms. The molecule has 0 spiro atoms. The Morgan fingerprint density at radius 1 is 1.33 bits per heavy atom. The second kappa shape index (κ2) is 5.67. The van der Waals surface area contributed by atoms with Crippen molar-refractivity contribution in [3.63, 3.8) is 0 Å². The molecule has 124 valence electrons. The number of hydrogen-bond donors (Lipinski definition) is 1. The van der Waals surface area contributed by atoms with Gasteiger partial charge in [0, 0.05) is 24.7 Å². The predicted molar refractivity (Wildman–Crippen MR) is 80.9 cm³/mol. The van der Waals surface area contributed by atoms with Gasteiger partial charge in [0.25, 0.3) is 0 Å². The summed E-state index contributed by atoms with van der Waals surface area (Å²) in [6.07, 6.45) is -3.21. The first-order valence-corrected chi connectivity index (χ1v) is 7.21. The molecule has 1 fully saturated rings. The molecule has 0 aliphatic carbocycles. The molecule has 0 unspecified atom stereocenters. The number of fused-ring (bicyclic) bond motifs is 1. The maximum atomic E-state index is 13.2. The molecular weight excluding hydrogens is 321 g/mol. The number of benzene rings is 1. The van der Waals surface area contributed by atoms with Gasteiger partial charge in [0.15, 0.2) is 0 Å². The van der Waals surface area contributed by atoms with Crippen LogP contribution in [0.5, 0.6) is 0 Å². The van der Waals surface area contributed by atoms with Gasteiger partial charge in [0.05, 0.1) is 28.6 Å². The number of primary amides is 1. The van der Waals surface area contributed by atoms with Crippen LogP contribution in [0.1, 0.15) is 5.56 Å². The van der Waals surface area contributed by atoms with Crippen LogP contribution in [0.4, 0.5) is 18.9 Å². The maximum Gasteiger partial charge on any atom is 0.394 e. The van der Waals surface area contributed by atoms with Crippen LogP contribution >= 0.6 is 0 Å². The van der Waals surface area contributed by atoms with Crippen LogP contribution < -0.4 is 10.6 Å². The Morgan fingerprint density at radius 2 is 2.04 bits per heavy atom. The second-order valence-electron chi connectivity index (χ2n) is 5.71. The fourth-order valence-corrected chi connectivity index (χ4v) is 3.16. The molecule has 3 rings (SSSR count). The molecule has 1 aliphatic heterocycles. The van der Waals surface area contributed by atoms with Crippen molar-refractivity contribution in [3.05, 3.63) is 36.0 Å². The number of para-hydroxylation sites is 1. The molecule has 1 aromatic heterocycles. The first kappa shape index (κ1) is 16.1. The Labute approximate surface area is 135 Å². The van der Waals surface area contributed by atoms with Gasteiger partial charge in [-0.3, -0.25) is 9.78 Å². The number of rotatable bonds is 2. The van der Waals surface area contributed by atoms with Crippen LogP contribution in [-0.4, -0.2) is 30.2 Å². The third-order valence-electron chi connectivity index (χ3n) is 4.29. The number of hydrogen-bond acceptors (Lipinski definition) is 4. The van der Waals surface area contributed by atoms with E-state index < -0.39 is 30.5 Å². The lowest BCUT2D eigenvalue weighted by Crippen LogP contribution is -2.37. The second-order valence-corrected chi connectivity index (χ2v) is 5.71. The zero-order chi connectivity index (χ0) is 17.5. The molecule has 0 radical (unpaired) electrons. The lowest BCUT2D eigenvalue weighted by molar-refractivity contribution is -0.181. The number of alkyl halides is 3. The summed E-state index contributed by atoms with van der Waals surface area (Å²) in [4.78, 5) is 17.0. The summed E-state index contributed by atoms with van der Waals surface area (Å²) in [6, 6.07) is 8.83. The van der Waals surface area contributed by atoms with Crippen molar-refractivity contribution < 1.29 is 18.0 Å². The van der Waals surface area contributed by atoms with Gasteiger partial charge < -0.3 is 10.6 Å². The van der Waals surface area contributed by atoms with E-state index in [0.29, 0.717) is 16.6 Å². The number of carbonyl (C=O) groups is 1. The Morgan fingerprint density at radius 3 is 2.62 bits per heavy atom. The van der Waals surface area contributed by atoms with E-state index in [1.54, 1.807) is 24.3 Å². The molecule has 1 saturated heterocycles. The van der Waals surface area contributed by atoms with Gasteiger partial charge in [0.2, 0.25) is 5.91 Å². The Hall–Kier alpha value is -2.82. The summed E-state index contributed by atoms with van der Waals surface area (Å²) in [6.45, 7) is -0.595. The quantitative estimate of drug-likeness (QED) is 0.913. The zero-order valence-electron chi connectivity index (χ0n) is 12.4. The number of nitrogens with two attached hydrogens (primary N) is 1. The number of aromatic nitrogens is 1. The molecule has 1 amide bonds. The predicted octanol–water partition coefficient (Wildman–Crippen LogP) is 2.21. The molecule has 24 heavy (non-hydrogen) atoms. The molecule has 5 nitrogen and oxygen atoms in total. The van der Waals surface area contributed by atoms with E-state index in [2.05, 4.69) is 4.98 Å². The van der Waals surface area contributed by atoms with Crippen molar-refractivity contribution in [2.45, 2.75) is 6.18 Å². The largest absolute Gasteiger partial charge is 0.394 e. The van der Waals surface area contributed by atoms with Crippen molar-refractivity contribution in [2.24, 2.45) is 17.6 Å². The van der Waals surface area contributed by atoms with Crippen LogP contribution in [0.3, 0.4) is 0 Å². The van der Waals surface area contributed by atoms with Gasteiger partial charge >= 0.3 is 6.18 Å². The van der Waals surface area contributed by atoms with Gasteiger partial charge in [-0.15, -0.1) is 0 Å². The normalized spacial score (nSPS) is 21.0. The zero-order valence-corrected chi connectivity index (χ0v) is 12.4. The summed E-state index contributed by atoms with van der Waals surface area (Å²) in [7, 11) is 0. The fourth-order valence-electron chi connectivity index (χ4n) is 3.16. The van der Waals surface area contributed by atoms with Crippen molar-refractivity contribution in [1.29, 1.82) is 5.26 Å². The van der Waals surface area contributed by atoms with Gasteiger partial charge in [-0.05, 0) is 6.07 Å². The molecule has 2 atom stereocenters. The number of halogens is 3. The van der Waals surface area contributed by atoms with E-state index in [4.69, 9.17) is 5.73 Å². The number of nitrogens with zero attached hydrogens (tertiary/aromatic N) is 3.